The van der Waals surface area contributed by atoms with Gasteiger partial charge < -0.3 is 5.11 Å². The average molecular weight is 295 g/mol. The molecule has 20 heavy (non-hydrogen) atoms. The molecule has 1 aromatic carbocycles. The zero-order chi connectivity index (χ0) is 14.8. The Labute approximate surface area is 116 Å². The Balaban J connectivity index is 2.49. The lowest BCUT2D eigenvalue weighted by molar-refractivity contribution is -0.135. The van der Waals surface area contributed by atoms with Crippen molar-refractivity contribution < 1.29 is 18.3 Å². The van der Waals surface area contributed by atoms with E-state index >= 15 is 0 Å². The maximum Gasteiger partial charge on any atom is 0.324 e. The molecule has 1 heterocycles. The van der Waals surface area contributed by atoms with Gasteiger partial charge in [0.15, 0.2) is 0 Å². The minimum absolute atomic E-state index is 0.0508. The molecule has 2 rings (SSSR count). The summed E-state index contributed by atoms with van der Waals surface area (Å²) >= 11 is 0. The zero-order valence-electron chi connectivity index (χ0n) is 10.7. The summed E-state index contributed by atoms with van der Waals surface area (Å²) < 4.78 is 27.2. The van der Waals surface area contributed by atoms with Crippen LogP contribution in [-0.4, -0.2) is 35.8 Å². The van der Waals surface area contributed by atoms with Crippen LogP contribution in [0.5, 0.6) is 0 Å². The normalized spacial score (nSPS) is 11.2. The predicted octanol–water partition coefficient (Wildman–Crippen LogP) is 0.700. The van der Waals surface area contributed by atoms with E-state index in [2.05, 4.69) is 5.10 Å². The smallest absolute Gasteiger partial charge is 0.324 e. The van der Waals surface area contributed by atoms with Crippen molar-refractivity contribution in [2.75, 3.05) is 10.8 Å². The molecule has 7 nitrogen and oxygen atoms in total. The SMILES string of the molecule is Cn1cc(S(=O)(=O)N(CC(=O)O)c2ccccc2)cn1. The number of aryl methyl sites for hydroxylation is 1. The van der Waals surface area contributed by atoms with Crippen LogP contribution in [0.1, 0.15) is 0 Å². The summed E-state index contributed by atoms with van der Waals surface area (Å²) in [5.74, 6) is -1.23. The molecule has 0 unspecified atom stereocenters. The number of rotatable bonds is 5. The van der Waals surface area contributed by atoms with Gasteiger partial charge >= 0.3 is 5.97 Å². The fourth-order valence-corrected chi connectivity index (χ4v) is 3.09. The molecule has 0 saturated carbocycles. The lowest BCUT2D eigenvalue weighted by Gasteiger charge is -2.21. The van der Waals surface area contributed by atoms with Crippen LogP contribution in [0.2, 0.25) is 0 Å². The van der Waals surface area contributed by atoms with Crippen LogP contribution >= 0.6 is 0 Å². The molecular formula is C12H13N3O4S. The van der Waals surface area contributed by atoms with Crippen LogP contribution in [0.25, 0.3) is 0 Å². The van der Waals surface area contributed by atoms with Gasteiger partial charge in [-0.25, -0.2) is 8.42 Å². The van der Waals surface area contributed by atoms with E-state index in [1.165, 1.54) is 29.2 Å². The molecule has 0 bridgehead atoms. The molecule has 1 aromatic heterocycles. The summed E-state index contributed by atoms with van der Waals surface area (Å²) in [4.78, 5) is 10.9. The van der Waals surface area contributed by atoms with Crippen molar-refractivity contribution in [2.24, 2.45) is 7.05 Å². The van der Waals surface area contributed by atoms with Gasteiger partial charge in [0.05, 0.1) is 11.9 Å². The first-order chi connectivity index (χ1) is 9.41. The van der Waals surface area contributed by atoms with Gasteiger partial charge in [0, 0.05) is 13.2 Å². The van der Waals surface area contributed by atoms with E-state index in [-0.39, 0.29) is 4.90 Å². The van der Waals surface area contributed by atoms with Crippen molar-refractivity contribution in [1.82, 2.24) is 9.78 Å². The molecule has 0 atom stereocenters. The van der Waals surface area contributed by atoms with E-state index in [0.29, 0.717) is 5.69 Å². The highest BCUT2D eigenvalue weighted by atomic mass is 32.2. The second kappa shape index (κ2) is 5.33. The Morgan fingerprint density at radius 3 is 2.50 bits per heavy atom. The monoisotopic (exact) mass is 295 g/mol. The lowest BCUT2D eigenvalue weighted by Crippen LogP contribution is -2.35. The molecule has 1 N–H and O–H groups in total. The summed E-state index contributed by atoms with van der Waals surface area (Å²) in [6, 6.07) is 8.08. The number of aromatic nitrogens is 2. The molecule has 0 fully saturated rings. The Hall–Kier alpha value is -2.35. The fraction of sp³-hybridized carbons (Fsp3) is 0.167. The molecule has 8 heteroatoms. The Kier molecular flexibility index (Phi) is 3.75. The second-order valence-electron chi connectivity index (χ2n) is 4.09. The molecule has 0 spiro atoms. The number of carboxylic acids is 1. The summed E-state index contributed by atoms with van der Waals surface area (Å²) in [5.41, 5.74) is 0.291. The van der Waals surface area contributed by atoms with E-state index in [1.807, 2.05) is 0 Å². The number of aliphatic carboxylic acids is 1. The molecule has 0 aliphatic carbocycles. The van der Waals surface area contributed by atoms with Gasteiger partial charge in [-0.1, -0.05) is 18.2 Å². The molecule has 0 saturated heterocycles. The van der Waals surface area contributed by atoms with E-state index in [4.69, 9.17) is 5.11 Å². The van der Waals surface area contributed by atoms with Gasteiger partial charge in [0.2, 0.25) is 0 Å². The average Bonchev–Trinajstić information content (AvgIpc) is 2.84. The summed E-state index contributed by atoms with van der Waals surface area (Å²) in [7, 11) is -2.37. The number of para-hydroxylation sites is 1. The van der Waals surface area contributed by atoms with Crippen LogP contribution in [0.3, 0.4) is 0 Å². The van der Waals surface area contributed by atoms with Crippen molar-refractivity contribution in [3.05, 3.63) is 42.7 Å². The summed E-state index contributed by atoms with van der Waals surface area (Å²) in [6.45, 7) is -0.652. The maximum absolute atomic E-state index is 12.5. The number of carboxylic acid groups (broad SMARTS) is 1. The largest absolute Gasteiger partial charge is 0.480 e. The highest BCUT2D eigenvalue weighted by molar-refractivity contribution is 7.92. The predicted molar refractivity (Wildman–Crippen MR) is 71.8 cm³/mol. The van der Waals surface area contributed by atoms with Crippen molar-refractivity contribution in [3.63, 3.8) is 0 Å². The van der Waals surface area contributed by atoms with Gasteiger partial charge in [-0.15, -0.1) is 0 Å². The number of hydrogen-bond donors (Lipinski definition) is 1. The minimum Gasteiger partial charge on any atom is -0.480 e. The quantitative estimate of drug-likeness (QED) is 0.876. The van der Waals surface area contributed by atoms with Gasteiger partial charge in [-0.3, -0.25) is 13.8 Å². The molecule has 0 amide bonds. The summed E-state index contributed by atoms with van der Waals surface area (Å²) in [6.07, 6.45) is 2.51. The highest BCUT2D eigenvalue weighted by Gasteiger charge is 2.28. The lowest BCUT2D eigenvalue weighted by atomic mass is 10.3. The van der Waals surface area contributed by atoms with Gasteiger partial charge in [-0.2, -0.15) is 5.10 Å². The molecule has 0 aliphatic heterocycles. The fourth-order valence-electron chi connectivity index (χ4n) is 1.69. The zero-order valence-corrected chi connectivity index (χ0v) is 11.5. The topological polar surface area (TPSA) is 92.5 Å². The Morgan fingerprint density at radius 1 is 1.35 bits per heavy atom. The van der Waals surface area contributed by atoms with Crippen LogP contribution in [0.4, 0.5) is 5.69 Å². The Bertz CT molecular complexity index is 709. The second-order valence-corrected chi connectivity index (χ2v) is 5.95. The van der Waals surface area contributed by atoms with Crippen LogP contribution in [0, 0.1) is 0 Å². The van der Waals surface area contributed by atoms with Crippen molar-refractivity contribution in [3.8, 4) is 0 Å². The third-order valence-corrected chi connectivity index (χ3v) is 4.32. The van der Waals surface area contributed by atoms with Crippen LogP contribution < -0.4 is 4.31 Å². The number of sulfonamides is 1. The number of carbonyl (C=O) groups is 1. The number of hydrogen-bond acceptors (Lipinski definition) is 4. The van der Waals surface area contributed by atoms with Gasteiger partial charge in [0.1, 0.15) is 11.4 Å². The third-order valence-electron chi connectivity index (χ3n) is 2.59. The number of benzene rings is 1. The van der Waals surface area contributed by atoms with Gasteiger partial charge in [-0.05, 0) is 12.1 Å². The van der Waals surface area contributed by atoms with E-state index < -0.39 is 22.5 Å². The third kappa shape index (κ3) is 2.80. The number of anilines is 1. The molecule has 2 aromatic rings. The molecule has 0 aliphatic rings. The standard InChI is InChI=1S/C12H13N3O4S/c1-14-8-11(7-13-14)20(18,19)15(9-12(16)17)10-5-3-2-4-6-10/h2-8H,9H2,1H3,(H,16,17). The minimum atomic E-state index is -3.96. The number of nitrogens with zero attached hydrogens (tertiary/aromatic N) is 3. The van der Waals surface area contributed by atoms with E-state index in [0.717, 1.165) is 4.31 Å². The van der Waals surface area contributed by atoms with Crippen LogP contribution in [-0.2, 0) is 21.9 Å². The summed E-state index contributed by atoms with van der Waals surface area (Å²) in [5, 5.41) is 12.7. The van der Waals surface area contributed by atoms with Crippen molar-refractivity contribution >= 4 is 21.7 Å². The first-order valence-corrected chi connectivity index (χ1v) is 7.13. The maximum atomic E-state index is 12.5. The van der Waals surface area contributed by atoms with E-state index in [9.17, 15) is 13.2 Å². The molecule has 106 valence electrons. The van der Waals surface area contributed by atoms with Gasteiger partial charge in [0.25, 0.3) is 10.0 Å². The first kappa shape index (κ1) is 14.1. The molecule has 0 radical (unpaired) electrons. The molecular weight excluding hydrogens is 282 g/mol. The van der Waals surface area contributed by atoms with Crippen molar-refractivity contribution in [1.29, 1.82) is 0 Å². The Morgan fingerprint density at radius 2 is 2.00 bits per heavy atom. The first-order valence-electron chi connectivity index (χ1n) is 5.69. The van der Waals surface area contributed by atoms with Crippen LogP contribution in [0.15, 0.2) is 47.6 Å². The van der Waals surface area contributed by atoms with Crippen molar-refractivity contribution in [2.45, 2.75) is 4.90 Å². The van der Waals surface area contributed by atoms with E-state index in [1.54, 1.807) is 25.2 Å². The highest BCUT2D eigenvalue weighted by Crippen LogP contribution is 2.22.